The van der Waals surface area contributed by atoms with Gasteiger partial charge in [0.05, 0.1) is 11.1 Å². The average Bonchev–Trinajstić information content (AvgIpc) is 3.06. The Morgan fingerprint density at radius 2 is 2.12 bits per heavy atom. The van der Waals surface area contributed by atoms with E-state index in [4.69, 9.17) is 4.52 Å². The predicted octanol–water partition coefficient (Wildman–Crippen LogP) is 2.52. The minimum absolute atomic E-state index is 0.102. The molecule has 1 amide bonds. The van der Waals surface area contributed by atoms with Crippen LogP contribution in [0.1, 0.15) is 49.8 Å². The molecule has 0 bridgehead atoms. The normalized spacial score (nSPS) is 18.4. The molecule has 0 unspecified atom stereocenters. The molecule has 128 valence electrons. The number of benzene rings is 1. The van der Waals surface area contributed by atoms with E-state index in [2.05, 4.69) is 20.8 Å². The number of nitrogens with one attached hydrogen (secondary N) is 2. The highest BCUT2D eigenvalue weighted by Crippen LogP contribution is 2.26. The third-order valence-corrected chi connectivity index (χ3v) is 4.13. The largest absolute Gasteiger partial charge is 0.348 e. The molecule has 1 aromatic carbocycles. The van der Waals surface area contributed by atoms with Crippen LogP contribution in [0.15, 0.2) is 28.8 Å². The molecule has 1 fully saturated rings. The molecule has 1 saturated heterocycles. The standard InChI is InChI=1S/C18H24N4O2/c1-18(2,3)17-21-16(24-22-17)14-9-5-4-8-13(14)15(23)20-12-7-6-10-19-11-12/h4-5,8-9,12,19H,6-7,10-11H2,1-3H3,(H,20,23)/t12-/m0/s1. The van der Waals surface area contributed by atoms with Crippen LogP contribution in [0.5, 0.6) is 0 Å². The van der Waals surface area contributed by atoms with Crippen LogP contribution in [-0.2, 0) is 5.41 Å². The zero-order chi connectivity index (χ0) is 17.2. The Bertz CT molecular complexity index is 712. The molecular formula is C18H24N4O2. The third-order valence-electron chi connectivity index (χ3n) is 4.13. The highest BCUT2D eigenvalue weighted by atomic mass is 16.5. The van der Waals surface area contributed by atoms with Gasteiger partial charge in [-0.25, -0.2) is 0 Å². The van der Waals surface area contributed by atoms with E-state index in [1.807, 2.05) is 39.0 Å². The van der Waals surface area contributed by atoms with Crippen LogP contribution < -0.4 is 10.6 Å². The smallest absolute Gasteiger partial charge is 0.258 e. The van der Waals surface area contributed by atoms with Crippen molar-refractivity contribution in [3.8, 4) is 11.5 Å². The van der Waals surface area contributed by atoms with E-state index in [-0.39, 0.29) is 17.4 Å². The van der Waals surface area contributed by atoms with Crippen LogP contribution in [0.4, 0.5) is 0 Å². The van der Waals surface area contributed by atoms with Crippen molar-refractivity contribution in [2.75, 3.05) is 13.1 Å². The number of carbonyl (C=O) groups is 1. The van der Waals surface area contributed by atoms with Crippen molar-refractivity contribution < 1.29 is 9.32 Å². The molecule has 3 rings (SSSR count). The summed E-state index contributed by atoms with van der Waals surface area (Å²) < 4.78 is 5.40. The van der Waals surface area contributed by atoms with Gasteiger partial charge in [0.1, 0.15) is 0 Å². The summed E-state index contributed by atoms with van der Waals surface area (Å²) in [5.74, 6) is 0.909. The minimum Gasteiger partial charge on any atom is -0.348 e. The minimum atomic E-state index is -0.202. The number of carbonyl (C=O) groups excluding carboxylic acids is 1. The Morgan fingerprint density at radius 3 is 2.79 bits per heavy atom. The molecule has 0 spiro atoms. The molecule has 24 heavy (non-hydrogen) atoms. The highest BCUT2D eigenvalue weighted by molar-refractivity contribution is 6.00. The Labute approximate surface area is 142 Å². The lowest BCUT2D eigenvalue weighted by molar-refractivity contribution is 0.0931. The van der Waals surface area contributed by atoms with Crippen molar-refractivity contribution in [2.24, 2.45) is 0 Å². The van der Waals surface area contributed by atoms with Gasteiger partial charge in [-0.2, -0.15) is 4.98 Å². The number of amides is 1. The van der Waals surface area contributed by atoms with Gasteiger partial charge < -0.3 is 15.2 Å². The van der Waals surface area contributed by atoms with E-state index in [1.165, 1.54) is 0 Å². The average molecular weight is 328 g/mol. The van der Waals surface area contributed by atoms with Crippen molar-refractivity contribution >= 4 is 5.91 Å². The molecule has 2 heterocycles. The van der Waals surface area contributed by atoms with Gasteiger partial charge in [-0.05, 0) is 31.5 Å². The van der Waals surface area contributed by atoms with Crippen LogP contribution >= 0.6 is 0 Å². The number of nitrogens with zero attached hydrogens (tertiary/aromatic N) is 2. The van der Waals surface area contributed by atoms with E-state index in [0.717, 1.165) is 25.9 Å². The Balaban J connectivity index is 1.85. The van der Waals surface area contributed by atoms with Gasteiger partial charge in [0.15, 0.2) is 5.82 Å². The summed E-state index contributed by atoms with van der Waals surface area (Å²) in [6, 6.07) is 7.51. The third kappa shape index (κ3) is 3.64. The molecule has 1 aromatic heterocycles. The van der Waals surface area contributed by atoms with Crippen LogP contribution in [0.2, 0.25) is 0 Å². The lowest BCUT2D eigenvalue weighted by Gasteiger charge is -2.24. The Kier molecular flexibility index (Phi) is 4.66. The second-order valence-electron chi connectivity index (χ2n) is 7.24. The van der Waals surface area contributed by atoms with E-state index >= 15 is 0 Å². The fourth-order valence-electron chi connectivity index (χ4n) is 2.74. The van der Waals surface area contributed by atoms with E-state index in [0.29, 0.717) is 22.8 Å². The first-order valence-corrected chi connectivity index (χ1v) is 8.40. The summed E-state index contributed by atoms with van der Waals surface area (Å²) in [6.07, 6.45) is 2.07. The number of hydrogen-bond donors (Lipinski definition) is 2. The number of piperidine rings is 1. The zero-order valence-electron chi connectivity index (χ0n) is 14.4. The second-order valence-corrected chi connectivity index (χ2v) is 7.24. The van der Waals surface area contributed by atoms with Crippen molar-refractivity contribution in [3.63, 3.8) is 0 Å². The zero-order valence-corrected chi connectivity index (χ0v) is 14.4. The van der Waals surface area contributed by atoms with Gasteiger partial charge in [-0.15, -0.1) is 0 Å². The van der Waals surface area contributed by atoms with E-state index < -0.39 is 0 Å². The predicted molar refractivity (Wildman–Crippen MR) is 91.8 cm³/mol. The molecule has 1 aliphatic heterocycles. The number of hydrogen-bond acceptors (Lipinski definition) is 5. The summed E-state index contributed by atoms with van der Waals surface area (Å²) in [5.41, 5.74) is 1.03. The first-order chi connectivity index (χ1) is 11.4. The first-order valence-electron chi connectivity index (χ1n) is 8.40. The summed E-state index contributed by atoms with van der Waals surface area (Å²) in [6.45, 7) is 7.89. The van der Waals surface area contributed by atoms with Crippen molar-refractivity contribution in [2.45, 2.75) is 45.1 Å². The van der Waals surface area contributed by atoms with Crippen molar-refractivity contribution in [1.82, 2.24) is 20.8 Å². The summed E-state index contributed by atoms with van der Waals surface area (Å²) >= 11 is 0. The maximum Gasteiger partial charge on any atom is 0.258 e. The Morgan fingerprint density at radius 1 is 1.33 bits per heavy atom. The van der Waals surface area contributed by atoms with E-state index in [9.17, 15) is 4.79 Å². The van der Waals surface area contributed by atoms with Gasteiger partial charge in [0, 0.05) is 18.0 Å². The van der Waals surface area contributed by atoms with Gasteiger partial charge in [-0.1, -0.05) is 38.1 Å². The van der Waals surface area contributed by atoms with Gasteiger partial charge in [0.25, 0.3) is 11.8 Å². The maximum absolute atomic E-state index is 12.7. The fraction of sp³-hybridized carbons (Fsp3) is 0.500. The molecule has 2 N–H and O–H groups in total. The lowest BCUT2D eigenvalue weighted by atomic mass is 9.96. The summed E-state index contributed by atoms with van der Waals surface area (Å²) in [4.78, 5) is 17.2. The maximum atomic E-state index is 12.7. The van der Waals surface area contributed by atoms with Crippen molar-refractivity contribution in [1.29, 1.82) is 0 Å². The molecule has 1 aliphatic rings. The molecule has 0 saturated carbocycles. The number of rotatable bonds is 3. The van der Waals surface area contributed by atoms with Crippen LogP contribution in [0.3, 0.4) is 0 Å². The summed E-state index contributed by atoms with van der Waals surface area (Å²) in [5, 5.41) is 10.4. The molecule has 1 atom stereocenters. The Hall–Kier alpha value is -2.21. The van der Waals surface area contributed by atoms with Gasteiger partial charge in [0.2, 0.25) is 0 Å². The lowest BCUT2D eigenvalue weighted by Crippen LogP contribution is -2.45. The monoisotopic (exact) mass is 328 g/mol. The summed E-state index contributed by atoms with van der Waals surface area (Å²) in [7, 11) is 0. The SMILES string of the molecule is CC(C)(C)c1noc(-c2ccccc2C(=O)N[C@H]2CCCNC2)n1. The van der Waals surface area contributed by atoms with Gasteiger partial charge in [-0.3, -0.25) is 4.79 Å². The van der Waals surface area contributed by atoms with Crippen molar-refractivity contribution in [3.05, 3.63) is 35.7 Å². The molecule has 6 nitrogen and oxygen atoms in total. The molecule has 0 radical (unpaired) electrons. The van der Waals surface area contributed by atoms with Crippen LogP contribution in [0.25, 0.3) is 11.5 Å². The molecule has 2 aromatic rings. The molecular weight excluding hydrogens is 304 g/mol. The second kappa shape index (κ2) is 6.73. The first kappa shape index (κ1) is 16.6. The van der Waals surface area contributed by atoms with Crippen LogP contribution in [-0.4, -0.2) is 35.2 Å². The van der Waals surface area contributed by atoms with Crippen LogP contribution in [0, 0.1) is 0 Å². The fourth-order valence-corrected chi connectivity index (χ4v) is 2.74. The number of aromatic nitrogens is 2. The molecule has 6 heteroatoms. The molecule has 0 aliphatic carbocycles. The van der Waals surface area contributed by atoms with Gasteiger partial charge >= 0.3 is 0 Å². The topological polar surface area (TPSA) is 80.0 Å². The van der Waals surface area contributed by atoms with E-state index in [1.54, 1.807) is 6.07 Å². The quantitative estimate of drug-likeness (QED) is 0.905. The highest BCUT2D eigenvalue weighted by Gasteiger charge is 2.24.